The molecule has 0 aliphatic heterocycles. The highest BCUT2D eigenvalue weighted by atomic mass is 35.5. The van der Waals surface area contributed by atoms with E-state index in [4.69, 9.17) is 23.2 Å². The second kappa shape index (κ2) is 7.77. The fourth-order valence-corrected chi connectivity index (χ4v) is 2.96. The van der Waals surface area contributed by atoms with Crippen molar-refractivity contribution >= 4 is 34.8 Å². The average molecular weight is 424 g/mol. The van der Waals surface area contributed by atoms with Crippen molar-refractivity contribution < 1.29 is 18.0 Å². The first-order valence-electron chi connectivity index (χ1n) is 7.61. The normalized spacial score (nSPS) is 11.5. The molecule has 6 nitrogen and oxygen atoms in total. The van der Waals surface area contributed by atoms with E-state index in [0.29, 0.717) is 15.2 Å². The molecule has 0 bridgehead atoms. The molecule has 0 atom stereocenters. The van der Waals surface area contributed by atoms with Gasteiger partial charge in [-0.25, -0.2) is 4.79 Å². The maximum absolute atomic E-state index is 12.9. The lowest BCUT2D eigenvalue weighted by molar-refractivity contribution is -0.144. The van der Waals surface area contributed by atoms with Gasteiger partial charge in [0.25, 0.3) is 5.56 Å². The van der Waals surface area contributed by atoms with E-state index in [1.807, 2.05) is 0 Å². The fraction of sp³-hybridized carbons (Fsp3) is 0.312. The van der Waals surface area contributed by atoms with Gasteiger partial charge in [0.15, 0.2) is 0 Å². The lowest BCUT2D eigenvalue weighted by Crippen LogP contribution is -2.42. The van der Waals surface area contributed by atoms with E-state index in [1.165, 1.54) is 12.1 Å². The largest absolute Gasteiger partial charge is 0.431 e. The second-order valence-corrected chi connectivity index (χ2v) is 6.46. The van der Waals surface area contributed by atoms with Gasteiger partial charge in [0.2, 0.25) is 5.91 Å². The van der Waals surface area contributed by atoms with Gasteiger partial charge in [-0.05, 0) is 17.7 Å². The predicted molar refractivity (Wildman–Crippen MR) is 95.4 cm³/mol. The first kappa shape index (κ1) is 21.0. The lowest BCUT2D eigenvalue weighted by Gasteiger charge is -2.16. The molecule has 0 saturated carbocycles. The minimum atomic E-state index is -4.86. The van der Waals surface area contributed by atoms with Crippen molar-refractivity contribution in [1.82, 2.24) is 9.13 Å². The molecular formula is C16H14Cl2F3N3O3. The van der Waals surface area contributed by atoms with Crippen molar-refractivity contribution in [2.24, 2.45) is 7.05 Å². The molecule has 0 radical (unpaired) electrons. The molecule has 0 saturated heterocycles. The number of carbonyl (C=O) groups excluding carboxylic acids is 1. The summed E-state index contributed by atoms with van der Waals surface area (Å²) < 4.78 is 39.7. The van der Waals surface area contributed by atoms with Gasteiger partial charge < -0.3 is 5.32 Å². The van der Waals surface area contributed by atoms with E-state index in [1.54, 1.807) is 6.92 Å². The minimum Gasteiger partial charge on any atom is -0.324 e. The third-order valence-electron chi connectivity index (χ3n) is 3.75. The maximum atomic E-state index is 12.9. The van der Waals surface area contributed by atoms with Crippen LogP contribution in [0.2, 0.25) is 10.0 Å². The van der Waals surface area contributed by atoms with Gasteiger partial charge >= 0.3 is 11.9 Å². The Labute approximate surface area is 161 Å². The van der Waals surface area contributed by atoms with Crippen LogP contribution in [0, 0.1) is 0 Å². The van der Waals surface area contributed by atoms with Crippen molar-refractivity contribution in [2.75, 3.05) is 5.32 Å². The van der Waals surface area contributed by atoms with Crippen molar-refractivity contribution in [1.29, 1.82) is 0 Å². The molecule has 11 heteroatoms. The number of nitrogens with zero attached hydrogens (tertiary/aromatic N) is 2. The first-order valence-corrected chi connectivity index (χ1v) is 8.37. The number of hydrogen-bond donors (Lipinski definition) is 1. The Morgan fingerprint density at radius 2 is 1.81 bits per heavy atom. The molecular weight excluding hydrogens is 410 g/mol. The summed E-state index contributed by atoms with van der Waals surface area (Å²) in [5.41, 5.74) is -3.35. The molecule has 1 N–H and O–H groups in total. The van der Waals surface area contributed by atoms with Gasteiger partial charge in [0.1, 0.15) is 5.69 Å². The molecule has 0 spiro atoms. The van der Waals surface area contributed by atoms with E-state index in [-0.39, 0.29) is 33.6 Å². The summed E-state index contributed by atoms with van der Waals surface area (Å²) in [7, 11) is 0.909. The number of anilines is 1. The molecule has 0 fully saturated rings. The second-order valence-electron chi connectivity index (χ2n) is 5.62. The van der Waals surface area contributed by atoms with Gasteiger partial charge in [0.05, 0.1) is 17.3 Å². The highest BCUT2D eigenvalue weighted by Gasteiger charge is 2.35. The van der Waals surface area contributed by atoms with E-state index in [0.717, 1.165) is 7.05 Å². The molecule has 1 amide bonds. The minimum absolute atomic E-state index is 0.0658. The lowest BCUT2D eigenvalue weighted by atomic mass is 10.1. The number of nitrogens with one attached hydrogen (secondary N) is 1. The number of rotatable bonds is 4. The summed E-state index contributed by atoms with van der Waals surface area (Å²) in [5, 5.41) is 2.77. The number of aromatic nitrogens is 2. The molecule has 0 unspecified atom stereocenters. The summed E-state index contributed by atoms with van der Waals surface area (Å²) in [6.07, 6.45) is -4.72. The van der Waals surface area contributed by atoms with Crippen LogP contribution >= 0.6 is 23.2 Å². The van der Waals surface area contributed by atoms with Gasteiger partial charge in [0, 0.05) is 24.6 Å². The molecule has 146 valence electrons. The van der Waals surface area contributed by atoms with E-state index < -0.39 is 29.7 Å². The topological polar surface area (TPSA) is 73.1 Å². The molecule has 2 aromatic rings. The van der Waals surface area contributed by atoms with Crippen molar-refractivity contribution in [2.45, 2.75) is 26.1 Å². The molecule has 1 aromatic heterocycles. The molecule has 0 aliphatic rings. The number of halogens is 5. The standard InChI is InChI=1S/C16H14Cl2F3N3O3/c1-3-12(25)22-14-8(4-9(17)5-10(14)18)7-24-13(26)6-11(16(19,20)21)23(2)15(24)27/h4-6H,3,7H2,1-2H3,(H,22,25). The number of alkyl halides is 3. The van der Waals surface area contributed by atoms with Crippen LogP contribution in [0.3, 0.4) is 0 Å². The number of benzene rings is 1. The Hall–Kier alpha value is -2.26. The Morgan fingerprint density at radius 3 is 2.37 bits per heavy atom. The molecule has 1 aromatic carbocycles. The number of carbonyl (C=O) groups is 1. The summed E-state index contributed by atoms with van der Waals surface area (Å²) in [6.45, 7) is 1.18. The fourth-order valence-electron chi connectivity index (χ4n) is 2.38. The average Bonchev–Trinajstić information content (AvgIpc) is 2.56. The van der Waals surface area contributed by atoms with Gasteiger partial charge in [-0.15, -0.1) is 0 Å². The zero-order valence-corrected chi connectivity index (χ0v) is 15.7. The SMILES string of the molecule is CCC(=O)Nc1c(Cl)cc(Cl)cc1Cn1c(=O)cc(C(F)(F)F)n(C)c1=O. The maximum Gasteiger partial charge on any atom is 0.431 e. The van der Waals surface area contributed by atoms with E-state index in [9.17, 15) is 27.6 Å². The Balaban J connectivity index is 2.61. The Bertz CT molecular complexity index is 1010. The van der Waals surface area contributed by atoms with Gasteiger partial charge in [-0.3, -0.25) is 18.7 Å². The van der Waals surface area contributed by atoms with Gasteiger partial charge in [-0.1, -0.05) is 30.1 Å². The third kappa shape index (κ3) is 4.54. The van der Waals surface area contributed by atoms with E-state index in [2.05, 4.69) is 5.32 Å². The van der Waals surface area contributed by atoms with Crippen LogP contribution < -0.4 is 16.6 Å². The number of hydrogen-bond acceptors (Lipinski definition) is 3. The Morgan fingerprint density at radius 1 is 1.19 bits per heavy atom. The zero-order valence-electron chi connectivity index (χ0n) is 14.2. The van der Waals surface area contributed by atoms with Crippen LogP contribution in [-0.2, 0) is 24.6 Å². The molecule has 2 rings (SSSR count). The van der Waals surface area contributed by atoms with Crippen LogP contribution in [0.5, 0.6) is 0 Å². The first-order chi connectivity index (χ1) is 12.5. The smallest absolute Gasteiger partial charge is 0.324 e. The van der Waals surface area contributed by atoms with Crippen LogP contribution in [0.15, 0.2) is 27.8 Å². The van der Waals surface area contributed by atoms with Crippen molar-refractivity contribution in [3.63, 3.8) is 0 Å². The van der Waals surface area contributed by atoms with Crippen LogP contribution in [-0.4, -0.2) is 15.0 Å². The molecule has 27 heavy (non-hydrogen) atoms. The molecule has 1 heterocycles. The number of amides is 1. The summed E-state index contributed by atoms with van der Waals surface area (Å²) in [6, 6.07) is 3.05. The summed E-state index contributed by atoms with van der Waals surface area (Å²) >= 11 is 12.0. The van der Waals surface area contributed by atoms with Gasteiger partial charge in [-0.2, -0.15) is 13.2 Å². The monoisotopic (exact) mass is 423 g/mol. The highest BCUT2D eigenvalue weighted by molar-refractivity contribution is 6.37. The van der Waals surface area contributed by atoms with Crippen LogP contribution in [0.1, 0.15) is 24.6 Å². The Kier molecular flexibility index (Phi) is 6.06. The zero-order chi connectivity index (χ0) is 20.5. The summed E-state index contributed by atoms with van der Waals surface area (Å²) in [4.78, 5) is 36.1. The highest BCUT2D eigenvalue weighted by Crippen LogP contribution is 2.31. The van der Waals surface area contributed by atoms with E-state index >= 15 is 0 Å². The quantitative estimate of drug-likeness (QED) is 0.819. The predicted octanol–water partition coefficient (Wildman–Crippen LogP) is 3.27. The van der Waals surface area contributed by atoms with Crippen molar-refractivity contribution in [3.8, 4) is 0 Å². The van der Waals surface area contributed by atoms with Crippen LogP contribution in [0.25, 0.3) is 0 Å². The third-order valence-corrected chi connectivity index (χ3v) is 4.26. The summed E-state index contributed by atoms with van der Waals surface area (Å²) in [5.74, 6) is -0.381. The van der Waals surface area contributed by atoms with Crippen molar-refractivity contribution in [3.05, 3.63) is 60.3 Å². The molecule has 0 aliphatic carbocycles. The van der Waals surface area contributed by atoms with Crippen LogP contribution in [0.4, 0.5) is 18.9 Å².